The summed E-state index contributed by atoms with van der Waals surface area (Å²) >= 11 is 0. The van der Waals surface area contributed by atoms with E-state index in [0.717, 1.165) is 12.1 Å². The zero-order chi connectivity index (χ0) is 18.5. The number of hydrogen-bond acceptors (Lipinski definition) is 5. The van der Waals surface area contributed by atoms with E-state index >= 15 is 0 Å². The van der Waals surface area contributed by atoms with Crippen molar-refractivity contribution >= 4 is 34.7 Å². The molecule has 3 N–H and O–H groups in total. The van der Waals surface area contributed by atoms with E-state index in [-0.39, 0.29) is 23.4 Å². The van der Waals surface area contributed by atoms with Gasteiger partial charge in [0.05, 0.1) is 0 Å². The standard InChI is InChI=1S/C18H15F2N5O/c1-11(26)22-12-5-7-13(8-6-12)23-18-21-10-9-16(25-18)24-17-14(19)3-2-4-15(17)20/h2-10H,1H3,(H,22,26)(H2,21,23,24,25). The molecule has 1 amide bonds. The topological polar surface area (TPSA) is 78.9 Å². The Balaban J connectivity index is 1.74. The van der Waals surface area contributed by atoms with Crippen LogP contribution in [0, 0.1) is 11.6 Å². The molecule has 8 heteroatoms. The fourth-order valence-electron chi connectivity index (χ4n) is 2.20. The molecule has 0 saturated carbocycles. The molecule has 1 heterocycles. The van der Waals surface area contributed by atoms with Gasteiger partial charge >= 0.3 is 0 Å². The number of carbonyl (C=O) groups is 1. The van der Waals surface area contributed by atoms with Gasteiger partial charge in [-0.2, -0.15) is 4.98 Å². The first-order valence-corrected chi connectivity index (χ1v) is 7.70. The zero-order valence-corrected chi connectivity index (χ0v) is 13.8. The first kappa shape index (κ1) is 17.3. The molecule has 3 aromatic rings. The predicted molar refractivity (Wildman–Crippen MR) is 95.7 cm³/mol. The molecule has 0 aliphatic heterocycles. The summed E-state index contributed by atoms with van der Waals surface area (Å²) in [5, 5.41) is 8.25. The summed E-state index contributed by atoms with van der Waals surface area (Å²) in [5.41, 5.74) is 1.07. The van der Waals surface area contributed by atoms with E-state index in [1.54, 1.807) is 24.3 Å². The van der Waals surface area contributed by atoms with Crippen molar-refractivity contribution in [3.8, 4) is 0 Å². The van der Waals surface area contributed by atoms with Gasteiger partial charge in [-0.3, -0.25) is 4.79 Å². The molecule has 1 aromatic heterocycles. The van der Waals surface area contributed by atoms with E-state index in [1.165, 1.54) is 25.3 Å². The maximum absolute atomic E-state index is 13.7. The summed E-state index contributed by atoms with van der Waals surface area (Å²) < 4.78 is 27.4. The fourth-order valence-corrected chi connectivity index (χ4v) is 2.20. The molecule has 0 bridgehead atoms. The second kappa shape index (κ2) is 7.56. The molecule has 3 rings (SSSR count). The number of anilines is 5. The Morgan fingerprint density at radius 1 is 0.923 bits per heavy atom. The average molecular weight is 355 g/mol. The van der Waals surface area contributed by atoms with Crippen LogP contribution in [0.4, 0.5) is 37.6 Å². The van der Waals surface area contributed by atoms with Crippen LogP contribution < -0.4 is 16.0 Å². The van der Waals surface area contributed by atoms with Crippen molar-refractivity contribution in [2.24, 2.45) is 0 Å². The number of amides is 1. The quantitative estimate of drug-likeness (QED) is 0.639. The van der Waals surface area contributed by atoms with Gasteiger partial charge in [-0.25, -0.2) is 13.8 Å². The number of para-hydroxylation sites is 1. The van der Waals surface area contributed by atoms with E-state index in [0.29, 0.717) is 11.4 Å². The number of benzene rings is 2. The number of nitrogens with zero attached hydrogens (tertiary/aromatic N) is 2. The molecule has 0 aliphatic carbocycles. The van der Waals surface area contributed by atoms with Gasteiger partial charge in [0.25, 0.3) is 0 Å². The Hall–Kier alpha value is -3.55. The average Bonchev–Trinajstić information content (AvgIpc) is 2.60. The van der Waals surface area contributed by atoms with Gasteiger partial charge in [0, 0.05) is 24.5 Å². The molecule has 132 valence electrons. The van der Waals surface area contributed by atoms with Gasteiger partial charge in [0.15, 0.2) is 0 Å². The van der Waals surface area contributed by atoms with Crippen LogP contribution in [0.15, 0.2) is 54.7 Å². The van der Waals surface area contributed by atoms with Crippen LogP contribution in [0.3, 0.4) is 0 Å². The van der Waals surface area contributed by atoms with Crippen molar-refractivity contribution in [2.45, 2.75) is 6.92 Å². The highest BCUT2D eigenvalue weighted by Crippen LogP contribution is 2.23. The molecule has 26 heavy (non-hydrogen) atoms. The molecule has 0 aliphatic rings. The van der Waals surface area contributed by atoms with Crippen LogP contribution in [0.5, 0.6) is 0 Å². The second-order valence-electron chi connectivity index (χ2n) is 5.37. The lowest BCUT2D eigenvalue weighted by Crippen LogP contribution is -2.05. The maximum Gasteiger partial charge on any atom is 0.229 e. The van der Waals surface area contributed by atoms with E-state index in [1.807, 2.05) is 0 Å². The first-order chi connectivity index (χ1) is 12.5. The van der Waals surface area contributed by atoms with Crippen LogP contribution in [-0.2, 0) is 4.79 Å². The van der Waals surface area contributed by atoms with Crippen LogP contribution in [0.25, 0.3) is 0 Å². The molecule has 2 aromatic carbocycles. The molecule has 6 nitrogen and oxygen atoms in total. The fraction of sp³-hybridized carbons (Fsp3) is 0.0556. The van der Waals surface area contributed by atoms with Crippen LogP contribution in [0.1, 0.15) is 6.92 Å². The SMILES string of the molecule is CC(=O)Nc1ccc(Nc2nccc(Nc3c(F)cccc3F)n2)cc1. The summed E-state index contributed by atoms with van der Waals surface area (Å²) in [6.45, 7) is 1.43. The first-order valence-electron chi connectivity index (χ1n) is 7.70. The Kier molecular flexibility index (Phi) is 5.02. The minimum atomic E-state index is -0.716. The van der Waals surface area contributed by atoms with Crippen molar-refractivity contribution < 1.29 is 13.6 Å². The Bertz CT molecular complexity index is 911. The third-order valence-electron chi connectivity index (χ3n) is 3.33. The predicted octanol–water partition coefficient (Wildman–Crippen LogP) is 4.20. The molecular weight excluding hydrogens is 340 g/mol. The maximum atomic E-state index is 13.7. The second-order valence-corrected chi connectivity index (χ2v) is 5.37. The van der Waals surface area contributed by atoms with Crippen molar-refractivity contribution in [2.75, 3.05) is 16.0 Å². The highest BCUT2D eigenvalue weighted by molar-refractivity contribution is 5.88. The lowest BCUT2D eigenvalue weighted by Gasteiger charge is -2.10. The monoisotopic (exact) mass is 355 g/mol. The van der Waals surface area contributed by atoms with Gasteiger partial charge in [-0.1, -0.05) is 6.07 Å². The number of aromatic nitrogens is 2. The third kappa shape index (κ3) is 4.29. The lowest BCUT2D eigenvalue weighted by molar-refractivity contribution is -0.114. The summed E-state index contributed by atoms with van der Waals surface area (Å²) in [7, 11) is 0. The van der Waals surface area contributed by atoms with E-state index < -0.39 is 11.6 Å². The largest absolute Gasteiger partial charge is 0.335 e. The van der Waals surface area contributed by atoms with E-state index in [4.69, 9.17) is 0 Å². The van der Waals surface area contributed by atoms with Gasteiger partial charge in [-0.05, 0) is 42.5 Å². The number of carbonyl (C=O) groups excluding carboxylic acids is 1. The Morgan fingerprint density at radius 2 is 1.58 bits per heavy atom. The van der Waals surface area contributed by atoms with Crippen molar-refractivity contribution in [3.05, 3.63) is 66.4 Å². The molecular formula is C18H15F2N5O. The summed E-state index contributed by atoms with van der Waals surface area (Å²) in [6, 6.07) is 12.0. The zero-order valence-electron chi connectivity index (χ0n) is 13.8. The van der Waals surface area contributed by atoms with Gasteiger partial charge in [0.1, 0.15) is 23.1 Å². The number of rotatable bonds is 5. The van der Waals surface area contributed by atoms with E-state index in [9.17, 15) is 13.6 Å². The smallest absolute Gasteiger partial charge is 0.229 e. The van der Waals surface area contributed by atoms with E-state index in [2.05, 4.69) is 25.9 Å². The molecule has 0 saturated heterocycles. The van der Waals surface area contributed by atoms with Gasteiger partial charge in [0.2, 0.25) is 11.9 Å². The molecule has 0 spiro atoms. The third-order valence-corrected chi connectivity index (χ3v) is 3.33. The van der Waals surface area contributed by atoms with Gasteiger partial charge < -0.3 is 16.0 Å². The summed E-state index contributed by atoms with van der Waals surface area (Å²) in [6.07, 6.45) is 1.46. The normalized spacial score (nSPS) is 10.3. The van der Waals surface area contributed by atoms with Crippen LogP contribution in [-0.4, -0.2) is 15.9 Å². The van der Waals surface area contributed by atoms with Crippen molar-refractivity contribution in [1.29, 1.82) is 0 Å². The van der Waals surface area contributed by atoms with Crippen molar-refractivity contribution in [3.63, 3.8) is 0 Å². The summed E-state index contributed by atoms with van der Waals surface area (Å²) in [5.74, 6) is -1.10. The molecule has 0 radical (unpaired) electrons. The van der Waals surface area contributed by atoms with Crippen molar-refractivity contribution in [1.82, 2.24) is 9.97 Å². The minimum Gasteiger partial charge on any atom is -0.335 e. The highest BCUT2D eigenvalue weighted by atomic mass is 19.1. The molecule has 0 atom stereocenters. The molecule has 0 fully saturated rings. The summed E-state index contributed by atoms with van der Waals surface area (Å²) in [4.78, 5) is 19.3. The lowest BCUT2D eigenvalue weighted by atomic mass is 10.3. The van der Waals surface area contributed by atoms with Crippen LogP contribution in [0.2, 0.25) is 0 Å². The minimum absolute atomic E-state index is 0.159. The number of nitrogens with one attached hydrogen (secondary N) is 3. The van der Waals surface area contributed by atoms with Crippen LogP contribution >= 0.6 is 0 Å². The Morgan fingerprint density at radius 3 is 2.23 bits per heavy atom. The molecule has 0 unspecified atom stereocenters. The highest BCUT2D eigenvalue weighted by Gasteiger charge is 2.09. The number of halogens is 2. The Labute approximate surface area is 148 Å². The number of hydrogen-bond donors (Lipinski definition) is 3. The van der Waals surface area contributed by atoms with Gasteiger partial charge in [-0.15, -0.1) is 0 Å².